The van der Waals surface area contributed by atoms with Gasteiger partial charge in [0.2, 0.25) is 0 Å². The van der Waals surface area contributed by atoms with Gasteiger partial charge in [-0.05, 0) is 35.4 Å². The number of sulfonamides is 1. The van der Waals surface area contributed by atoms with Gasteiger partial charge in [0.25, 0.3) is 10.0 Å². The Kier molecular flexibility index (Phi) is 6.62. The van der Waals surface area contributed by atoms with E-state index in [2.05, 4.69) is 5.10 Å². The number of benzene rings is 2. The second kappa shape index (κ2) is 9.19. The third-order valence-electron chi connectivity index (χ3n) is 4.72. The number of nitrogens with zero attached hydrogens (tertiary/aromatic N) is 3. The van der Waals surface area contributed by atoms with Crippen molar-refractivity contribution in [3.63, 3.8) is 0 Å². The fourth-order valence-corrected chi connectivity index (χ4v) is 4.38. The lowest BCUT2D eigenvalue weighted by Crippen LogP contribution is -2.30. The van der Waals surface area contributed by atoms with Crippen LogP contribution in [0.2, 0.25) is 0 Å². The van der Waals surface area contributed by atoms with Gasteiger partial charge in [0.1, 0.15) is 17.2 Å². The lowest BCUT2D eigenvalue weighted by molar-refractivity contribution is 0.0685. The largest absolute Gasteiger partial charge is 0.497 e. The van der Waals surface area contributed by atoms with E-state index in [4.69, 9.17) is 9.47 Å². The molecule has 0 bridgehead atoms. The molecule has 0 radical (unpaired) electrons. The molecule has 164 valence electrons. The standard InChI is InChI=1S/C21H23N3O6S/c1-23-19(21(25)26)12-20(22-23)31(27,28)24(13-15-4-8-17(29-2)9-5-15)14-16-6-10-18(30-3)11-7-16/h4-12H,13-14H2,1-3H3,(H,25,26). The zero-order valence-corrected chi connectivity index (χ0v) is 18.2. The van der Waals surface area contributed by atoms with Crippen LogP contribution in [0.4, 0.5) is 0 Å². The van der Waals surface area contributed by atoms with Gasteiger partial charge in [-0.25, -0.2) is 13.2 Å². The molecule has 0 saturated heterocycles. The van der Waals surface area contributed by atoms with Crippen LogP contribution in [-0.2, 0) is 30.2 Å². The van der Waals surface area contributed by atoms with Crippen molar-refractivity contribution in [1.29, 1.82) is 0 Å². The summed E-state index contributed by atoms with van der Waals surface area (Å²) in [6.07, 6.45) is 0. The highest BCUT2D eigenvalue weighted by molar-refractivity contribution is 7.89. The Morgan fingerprint density at radius 1 is 0.968 bits per heavy atom. The van der Waals surface area contributed by atoms with E-state index in [9.17, 15) is 18.3 Å². The van der Waals surface area contributed by atoms with Crippen molar-refractivity contribution >= 4 is 16.0 Å². The van der Waals surface area contributed by atoms with E-state index in [1.807, 2.05) is 0 Å². The molecular weight excluding hydrogens is 422 g/mol. The van der Waals surface area contributed by atoms with Gasteiger partial charge >= 0.3 is 5.97 Å². The quantitative estimate of drug-likeness (QED) is 0.539. The molecular formula is C21H23N3O6S. The Morgan fingerprint density at radius 2 is 1.42 bits per heavy atom. The molecule has 0 fully saturated rings. The summed E-state index contributed by atoms with van der Waals surface area (Å²) < 4.78 is 39.4. The fourth-order valence-electron chi connectivity index (χ4n) is 2.99. The van der Waals surface area contributed by atoms with Crippen molar-refractivity contribution in [3.05, 3.63) is 71.4 Å². The average Bonchev–Trinajstić information content (AvgIpc) is 3.17. The van der Waals surface area contributed by atoms with Gasteiger partial charge in [-0.2, -0.15) is 9.40 Å². The predicted octanol–water partition coefficient (Wildman–Crippen LogP) is 2.53. The van der Waals surface area contributed by atoms with Gasteiger partial charge in [0, 0.05) is 26.2 Å². The summed E-state index contributed by atoms with van der Waals surface area (Å²) in [6, 6.07) is 15.1. The number of methoxy groups -OCH3 is 2. The number of ether oxygens (including phenoxy) is 2. The lowest BCUT2D eigenvalue weighted by Gasteiger charge is -2.21. The number of aromatic nitrogens is 2. The van der Waals surface area contributed by atoms with E-state index in [0.717, 1.165) is 21.9 Å². The lowest BCUT2D eigenvalue weighted by atomic mass is 10.2. The molecule has 0 atom stereocenters. The van der Waals surface area contributed by atoms with Crippen molar-refractivity contribution in [3.8, 4) is 11.5 Å². The summed E-state index contributed by atoms with van der Waals surface area (Å²) in [7, 11) is 0.404. The normalized spacial score (nSPS) is 11.5. The minimum Gasteiger partial charge on any atom is -0.497 e. The molecule has 0 aliphatic heterocycles. The molecule has 31 heavy (non-hydrogen) atoms. The molecule has 10 heteroatoms. The Balaban J connectivity index is 1.97. The van der Waals surface area contributed by atoms with Crippen LogP contribution in [0, 0.1) is 0 Å². The zero-order chi connectivity index (χ0) is 22.6. The van der Waals surface area contributed by atoms with Crippen molar-refractivity contribution < 1.29 is 27.8 Å². The molecule has 1 heterocycles. The molecule has 3 aromatic rings. The minimum atomic E-state index is -4.09. The Morgan fingerprint density at radius 3 is 1.77 bits per heavy atom. The van der Waals surface area contributed by atoms with Crippen LogP contribution in [0.3, 0.4) is 0 Å². The molecule has 0 spiro atoms. The van der Waals surface area contributed by atoms with Crippen LogP contribution in [0.1, 0.15) is 21.6 Å². The van der Waals surface area contributed by atoms with E-state index in [-0.39, 0.29) is 23.8 Å². The number of hydrogen-bond donors (Lipinski definition) is 1. The van der Waals surface area contributed by atoms with Crippen LogP contribution >= 0.6 is 0 Å². The molecule has 0 aliphatic carbocycles. The van der Waals surface area contributed by atoms with Crippen LogP contribution in [0.15, 0.2) is 59.6 Å². The first-order chi connectivity index (χ1) is 14.7. The maximum absolute atomic E-state index is 13.4. The maximum Gasteiger partial charge on any atom is 0.354 e. The van der Waals surface area contributed by atoms with Gasteiger partial charge < -0.3 is 14.6 Å². The van der Waals surface area contributed by atoms with E-state index in [1.54, 1.807) is 62.8 Å². The molecule has 0 amide bonds. The summed E-state index contributed by atoms with van der Waals surface area (Å²) in [5.41, 5.74) is 1.27. The first-order valence-corrected chi connectivity index (χ1v) is 10.7. The van der Waals surface area contributed by atoms with E-state index >= 15 is 0 Å². The third-order valence-corrected chi connectivity index (χ3v) is 6.38. The minimum absolute atomic E-state index is 0.0668. The number of carboxylic acids is 1. The second-order valence-corrected chi connectivity index (χ2v) is 8.65. The van der Waals surface area contributed by atoms with Crippen molar-refractivity contribution in [2.75, 3.05) is 14.2 Å². The summed E-state index contributed by atoms with van der Waals surface area (Å²) in [4.78, 5) is 11.3. The Labute approximate surface area is 180 Å². The van der Waals surface area contributed by atoms with Crippen molar-refractivity contribution in [2.45, 2.75) is 18.1 Å². The highest BCUT2D eigenvalue weighted by atomic mass is 32.2. The van der Waals surface area contributed by atoms with Crippen LogP contribution in [-0.4, -0.2) is 47.8 Å². The highest BCUT2D eigenvalue weighted by Crippen LogP contribution is 2.23. The van der Waals surface area contributed by atoms with E-state index in [0.29, 0.717) is 11.5 Å². The average molecular weight is 445 g/mol. The van der Waals surface area contributed by atoms with Crippen molar-refractivity contribution in [1.82, 2.24) is 14.1 Å². The van der Waals surface area contributed by atoms with Crippen molar-refractivity contribution in [2.24, 2.45) is 7.05 Å². The maximum atomic E-state index is 13.4. The van der Waals surface area contributed by atoms with Gasteiger partial charge in [-0.1, -0.05) is 24.3 Å². The number of carbonyl (C=O) groups is 1. The molecule has 0 aliphatic rings. The van der Waals surface area contributed by atoms with E-state index in [1.165, 1.54) is 11.4 Å². The number of aromatic carboxylic acids is 1. The SMILES string of the molecule is COc1ccc(CN(Cc2ccc(OC)cc2)S(=O)(=O)c2cc(C(=O)O)n(C)n2)cc1. The molecule has 1 aromatic heterocycles. The number of aryl methyl sites for hydroxylation is 1. The molecule has 2 aromatic carbocycles. The Bertz CT molecular complexity index is 1110. The molecule has 9 nitrogen and oxygen atoms in total. The van der Waals surface area contributed by atoms with Gasteiger partial charge in [0.05, 0.1) is 14.2 Å². The predicted molar refractivity (Wildman–Crippen MR) is 113 cm³/mol. The second-order valence-electron chi connectivity index (χ2n) is 6.77. The van der Waals surface area contributed by atoms with Crippen LogP contribution in [0.25, 0.3) is 0 Å². The van der Waals surface area contributed by atoms with E-state index < -0.39 is 16.0 Å². The number of carboxylic acid groups (broad SMARTS) is 1. The summed E-state index contributed by atoms with van der Waals surface area (Å²) in [6.45, 7) is 0.134. The smallest absolute Gasteiger partial charge is 0.354 e. The molecule has 0 unspecified atom stereocenters. The summed E-state index contributed by atoms with van der Waals surface area (Å²) >= 11 is 0. The van der Waals surface area contributed by atoms with Gasteiger partial charge in [-0.15, -0.1) is 0 Å². The molecule has 3 rings (SSSR count). The molecule has 1 N–H and O–H groups in total. The number of hydrogen-bond acceptors (Lipinski definition) is 6. The zero-order valence-electron chi connectivity index (χ0n) is 17.3. The van der Waals surface area contributed by atoms with Crippen LogP contribution in [0.5, 0.6) is 11.5 Å². The Hall–Kier alpha value is -3.37. The monoisotopic (exact) mass is 445 g/mol. The molecule has 0 saturated carbocycles. The first-order valence-electron chi connectivity index (χ1n) is 9.28. The third kappa shape index (κ3) is 5.04. The summed E-state index contributed by atoms with van der Waals surface area (Å²) in [5, 5.41) is 12.9. The van der Waals surface area contributed by atoms with Crippen LogP contribution < -0.4 is 9.47 Å². The highest BCUT2D eigenvalue weighted by Gasteiger charge is 2.29. The first kappa shape index (κ1) is 22.3. The number of rotatable bonds is 9. The van der Waals surface area contributed by atoms with Gasteiger partial charge in [0.15, 0.2) is 5.03 Å². The van der Waals surface area contributed by atoms with Gasteiger partial charge in [-0.3, -0.25) is 4.68 Å². The fraction of sp³-hybridized carbons (Fsp3) is 0.238. The summed E-state index contributed by atoms with van der Waals surface area (Å²) in [5.74, 6) is 0.0570. The topological polar surface area (TPSA) is 111 Å².